The van der Waals surface area contributed by atoms with E-state index in [1.165, 1.54) is 5.70 Å². The molecule has 62 valence electrons. The van der Waals surface area contributed by atoms with Gasteiger partial charge < -0.3 is 9.64 Å². The third-order valence-corrected chi connectivity index (χ3v) is 1.88. The second-order valence-electron chi connectivity index (χ2n) is 2.52. The Morgan fingerprint density at radius 3 is 2.55 bits per heavy atom. The molecule has 0 aromatic heterocycles. The third-order valence-electron chi connectivity index (χ3n) is 1.88. The van der Waals surface area contributed by atoms with Crippen LogP contribution in [0.4, 0.5) is 0 Å². The Hall–Kier alpha value is -0.760. The molecule has 2 heteroatoms. The van der Waals surface area contributed by atoms with E-state index in [2.05, 4.69) is 17.6 Å². The molecule has 1 rings (SSSR count). The Bertz CT molecular complexity index is 157. The Balaban J connectivity index is 2.49. The van der Waals surface area contributed by atoms with Crippen molar-refractivity contribution in [3.05, 3.63) is 24.4 Å². The summed E-state index contributed by atoms with van der Waals surface area (Å²) in [5, 5.41) is 0. The van der Waals surface area contributed by atoms with Crippen LogP contribution in [0.15, 0.2) is 24.4 Å². The number of hydrogen-bond donors (Lipinski definition) is 0. The fourth-order valence-corrected chi connectivity index (χ4v) is 1.25. The monoisotopic (exact) mass is 153 g/mol. The third kappa shape index (κ3) is 2.09. The lowest BCUT2D eigenvalue weighted by Gasteiger charge is -2.29. The molecule has 0 N–H and O–H groups in total. The van der Waals surface area contributed by atoms with Crippen molar-refractivity contribution in [1.29, 1.82) is 0 Å². The van der Waals surface area contributed by atoms with Crippen LogP contribution in [0.1, 0.15) is 6.92 Å². The van der Waals surface area contributed by atoms with Gasteiger partial charge in [0.1, 0.15) is 0 Å². The number of ether oxygens (including phenoxy) is 1. The predicted octanol–water partition coefficient (Wildman–Crippen LogP) is 1.41. The average molecular weight is 153 g/mol. The molecule has 0 spiro atoms. The van der Waals surface area contributed by atoms with Gasteiger partial charge in [-0.1, -0.05) is 12.7 Å². The first kappa shape index (κ1) is 8.34. The zero-order chi connectivity index (χ0) is 8.10. The Morgan fingerprint density at radius 2 is 2.09 bits per heavy atom. The maximum Gasteiger partial charge on any atom is 0.0642 e. The lowest BCUT2D eigenvalue weighted by molar-refractivity contribution is 0.0553. The van der Waals surface area contributed by atoms with Crippen LogP contribution in [-0.4, -0.2) is 31.2 Å². The summed E-state index contributed by atoms with van der Waals surface area (Å²) >= 11 is 0. The van der Waals surface area contributed by atoms with Gasteiger partial charge in [0.05, 0.1) is 13.2 Å². The van der Waals surface area contributed by atoms with E-state index >= 15 is 0 Å². The highest BCUT2D eigenvalue weighted by molar-refractivity contribution is 5.14. The van der Waals surface area contributed by atoms with Crippen molar-refractivity contribution < 1.29 is 4.74 Å². The van der Waals surface area contributed by atoms with Crippen molar-refractivity contribution in [3.63, 3.8) is 0 Å². The van der Waals surface area contributed by atoms with Crippen LogP contribution in [0, 0.1) is 0 Å². The molecular weight excluding hydrogens is 138 g/mol. The molecule has 0 unspecified atom stereocenters. The SMILES string of the molecule is C=C/C(=C\C)N1CCOCC1. The number of rotatable bonds is 2. The molecule has 11 heavy (non-hydrogen) atoms. The molecule has 1 heterocycles. The van der Waals surface area contributed by atoms with E-state index in [-0.39, 0.29) is 0 Å². The number of allylic oxidation sites excluding steroid dienone is 2. The molecule has 0 bridgehead atoms. The minimum atomic E-state index is 0.838. The van der Waals surface area contributed by atoms with Crippen LogP contribution in [0.3, 0.4) is 0 Å². The van der Waals surface area contributed by atoms with Gasteiger partial charge in [0.25, 0.3) is 0 Å². The Morgan fingerprint density at radius 1 is 1.45 bits per heavy atom. The van der Waals surface area contributed by atoms with Crippen LogP contribution in [-0.2, 0) is 4.74 Å². The molecule has 1 fully saturated rings. The topological polar surface area (TPSA) is 12.5 Å². The van der Waals surface area contributed by atoms with E-state index in [1.54, 1.807) is 0 Å². The van der Waals surface area contributed by atoms with Crippen LogP contribution in [0.2, 0.25) is 0 Å². The summed E-state index contributed by atoms with van der Waals surface area (Å²) < 4.78 is 5.24. The predicted molar refractivity (Wildman–Crippen MR) is 46.3 cm³/mol. The Labute approximate surface area is 68.1 Å². The molecular formula is C9H15NO. The minimum Gasteiger partial charge on any atom is -0.378 e. The summed E-state index contributed by atoms with van der Waals surface area (Å²) in [6, 6.07) is 0. The highest BCUT2D eigenvalue weighted by atomic mass is 16.5. The van der Waals surface area contributed by atoms with E-state index in [4.69, 9.17) is 4.74 Å². The van der Waals surface area contributed by atoms with Crippen molar-refractivity contribution >= 4 is 0 Å². The molecule has 0 amide bonds. The van der Waals surface area contributed by atoms with E-state index in [1.807, 2.05) is 13.0 Å². The lowest BCUT2D eigenvalue weighted by Crippen LogP contribution is -2.34. The highest BCUT2D eigenvalue weighted by Crippen LogP contribution is 2.07. The van der Waals surface area contributed by atoms with Crippen molar-refractivity contribution in [2.45, 2.75) is 6.92 Å². The summed E-state index contributed by atoms with van der Waals surface area (Å²) in [7, 11) is 0. The van der Waals surface area contributed by atoms with Gasteiger partial charge in [-0.3, -0.25) is 0 Å². The fourth-order valence-electron chi connectivity index (χ4n) is 1.25. The number of morpholine rings is 1. The van der Waals surface area contributed by atoms with Crippen LogP contribution >= 0.6 is 0 Å². The van der Waals surface area contributed by atoms with E-state index in [0.717, 1.165) is 26.3 Å². The first-order valence-corrected chi connectivity index (χ1v) is 4.00. The van der Waals surface area contributed by atoms with Crippen molar-refractivity contribution in [1.82, 2.24) is 4.90 Å². The molecule has 0 aromatic rings. The second kappa shape index (κ2) is 4.19. The summed E-state index contributed by atoms with van der Waals surface area (Å²) in [6.07, 6.45) is 3.98. The van der Waals surface area contributed by atoms with Crippen molar-refractivity contribution in [2.24, 2.45) is 0 Å². The first-order valence-electron chi connectivity index (χ1n) is 4.00. The van der Waals surface area contributed by atoms with Crippen LogP contribution < -0.4 is 0 Å². The maximum atomic E-state index is 5.24. The molecule has 0 aliphatic carbocycles. The first-order chi connectivity index (χ1) is 5.38. The van der Waals surface area contributed by atoms with Gasteiger partial charge in [-0.25, -0.2) is 0 Å². The summed E-state index contributed by atoms with van der Waals surface area (Å²) in [4.78, 5) is 2.29. The molecule has 1 saturated heterocycles. The largest absolute Gasteiger partial charge is 0.378 e. The number of nitrogens with zero attached hydrogens (tertiary/aromatic N) is 1. The average Bonchev–Trinajstić information content (AvgIpc) is 2.09. The molecule has 1 aliphatic heterocycles. The molecule has 2 nitrogen and oxygen atoms in total. The van der Waals surface area contributed by atoms with E-state index < -0.39 is 0 Å². The highest BCUT2D eigenvalue weighted by Gasteiger charge is 2.09. The van der Waals surface area contributed by atoms with Crippen molar-refractivity contribution in [3.8, 4) is 0 Å². The van der Waals surface area contributed by atoms with Gasteiger partial charge in [-0.15, -0.1) is 0 Å². The smallest absolute Gasteiger partial charge is 0.0642 e. The van der Waals surface area contributed by atoms with Gasteiger partial charge in [0, 0.05) is 18.8 Å². The van der Waals surface area contributed by atoms with E-state index in [0.29, 0.717) is 0 Å². The maximum absolute atomic E-state index is 5.24. The quantitative estimate of drug-likeness (QED) is 0.556. The van der Waals surface area contributed by atoms with Crippen molar-refractivity contribution in [2.75, 3.05) is 26.3 Å². The summed E-state index contributed by atoms with van der Waals surface area (Å²) in [5.74, 6) is 0. The zero-order valence-electron chi connectivity index (χ0n) is 7.05. The second-order valence-corrected chi connectivity index (χ2v) is 2.52. The van der Waals surface area contributed by atoms with Crippen LogP contribution in [0.25, 0.3) is 0 Å². The summed E-state index contributed by atoms with van der Waals surface area (Å²) in [5.41, 5.74) is 1.22. The van der Waals surface area contributed by atoms with E-state index in [9.17, 15) is 0 Å². The summed E-state index contributed by atoms with van der Waals surface area (Å²) in [6.45, 7) is 9.45. The normalized spacial score (nSPS) is 20.1. The molecule has 0 atom stereocenters. The van der Waals surface area contributed by atoms with Gasteiger partial charge in [-0.05, 0) is 13.0 Å². The Kier molecular flexibility index (Phi) is 3.17. The zero-order valence-corrected chi connectivity index (χ0v) is 7.05. The van der Waals surface area contributed by atoms with Gasteiger partial charge >= 0.3 is 0 Å². The van der Waals surface area contributed by atoms with Gasteiger partial charge in [0.2, 0.25) is 0 Å². The molecule has 0 aromatic carbocycles. The standard InChI is InChI=1S/C9H15NO/c1-3-9(4-2)10-5-7-11-8-6-10/h3-4H,1,5-8H2,2H3/b9-4+. The van der Waals surface area contributed by atoms with Gasteiger partial charge in [-0.2, -0.15) is 0 Å². The molecule has 0 radical (unpaired) electrons. The number of hydrogen-bond acceptors (Lipinski definition) is 2. The fraction of sp³-hybridized carbons (Fsp3) is 0.556. The molecule has 1 aliphatic rings. The lowest BCUT2D eigenvalue weighted by atomic mass is 10.3. The van der Waals surface area contributed by atoms with Crippen LogP contribution in [0.5, 0.6) is 0 Å². The molecule has 0 saturated carbocycles. The van der Waals surface area contributed by atoms with Gasteiger partial charge in [0.15, 0.2) is 0 Å². The minimum absolute atomic E-state index is 0.838.